The summed E-state index contributed by atoms with van der Waals surface area (Å²) < 4.78 is 15.9. The zero-order chi connectivity index (χ0) is 17.8. The highest BCUT2D eigenvalue weighted by atomic mass is 16.5. The number of methoxy groups -OCH3 is 3. The number of carbonyl (C=O) groups excluding carboxylic acids is 1. The molecule has 2 aromatic rings. The fourth-order valence-electron chi connectivity index (χ4n) is 2.95. The van der Waals surface area contributed by atoms with Gasteiger partial charge in [0.25, 0.3) is 5.91 Å². The maximum absolute atomic E-state index is 12.3. The Bertz CT molecular complexity index is 813. The van der Waals surface area contributed by atoms with E-state index in [0.717, 1.165) is 30.5 Å². The van der Waals surface area contributed by atoms with Gasteiger partial charge in [-0.3, -0.25) is 9.89 Å². The molecule has 0 spiro atoms. The SMILES string of the molecule is COc1ccc(C=NNC(=O)c2n[nH]c3c2CCC3)c(OC)c1OC. The third kappa shape index (κ3) is 3.15. The van der Waals surface area contributed by atoms with Gasteiger partial charge < -0.3 is 14.2 Å². The number of hydrogen-bond donors (Lipinski definition) is 2. The number of rotatable bonds is 6. The maximum atomic E-state index is 12.3. The zero-order valence-corrected chi connectivity index (χ0v) is 14.4. The number of benzene rings is 1. The summed E-state index contributed by atoms with van der Waals surface area (Å²) >= 11 is 0. The van der Waals surface area contributed by atoms with Crippen molar-refractivity contribution in [1.82, 2.24) is 15.6 Å². The second kappa shape index (κ2) is 7.25. The Morgan fingerprint density at radius 1 is 1.20 bits per heavy atom. The van der Waals surface area contributed by atoms with Crippen LogP contribution in [-0.2, 0) is 12.8 Å². The number of H-pyrrole nitrogens is 1. The molecule has 8 heteroatoms. The van der Waals surface area contributed by atoms with Crippen molar-refractivity contribution < 1.29 is 19.0 Å². The Labute approximate surface area is 145 Å². The molecular weight excluding hydrogens is 324 g/mol. The first-order valence-corrected chi connectivity index (χ1v) is 7.88. The third-order valence-corrected chi connectivity index (χ3v) is 4.13. The van der Waals surface area contributed by atoms with Crippen molar-refractivity contribution in [3.63, 3.8) is 0 Å². The summed E-state index contributed by atoms with van der Waals surface area (Å²) in [5.41, 5.74) is 5.57. The molecule has 0 unspecified atom stereocenters. The molecule has 132 valence electrons. The lowest BCUT2D eigenvalue weighted by atomic mass is 10.2. The number of hydrogen-bond acceptors (Lipinski definition) is 6. The monoisotopic (exact) mass is 344 g/mol. The number of nitrogens with zero attached hydrogens (tertiary/aromatic N) is 2. The average Bonchev–Trinajstić information content (AvgIpc) is 3.24. The van der Waals surface area contributed by atoms with Gasteiger partial charge in [-0.1, -0.05) is 0 Å². The first-order valence-electron chi connectivity index (χ1n) is 7.88. The van der Waals surface area contributed by atoms with Gasteiger partial charge in [0.2, 0.25) is 5.75 Å². The average molecular weight is 344 g/mol. The van der Waals surface area contributed by atoms with Gasteiger partial charge in [-0.15, -0.1) is 0 Å². The number of aryl methyl sites for hydroxylation is 1. The van der Waals surface area contributed by atoms with Crippen LogP contribution < -0.4 is 19.6 Å². The predicted molar refractivity (Wildman–Crippen MR) is 91.8 cm³/mol. The van der Waals surface area contributed by atoms with E-state index in [9.17, 15) is 4.79 Å². The summed E-state index contributed by atoms with van der Waals surface area (Å²) in [6, 6.07) is 3.51. The molecule has 0 aliphatic heterocycles. The van der Waals surface area contributed by atoms with Crippen molar-refractivity contribution in [3.05, 3.63) is 34.6 Å². The number of fused-ring (bicyclic) bond motifs is 1. The van der Waals surface area contributed by atoms with Gasteiger partial charge in [-0.2, -0.15) is 10.2 Å². The van der Waals surface area contributed by atoms with E-state index in [1.165, 1.54) is 20.4 Å². The summed E-state index contributed by atoms with van der Waals surface area (Å²) in [4.78, 5) is 12.3. The molecule has 1 aromatic heterocycles. The van der Waals surface area contributed by atoms with E-state index in [-0.39, 0.29) is 5.91 Å². The number of amides is 1. The lowest BCUT2D eigenvalue weighted by Gasteiger charge is -2.13. The molecule has 1 aliphatic carbocycles. The fraction of sp³-hybridized carbons (Fsp3) is 0.353. The number of nitrogens with one attached hydrogen (secondary N) is 2. The van der Waals surface area contributed by atoms with Crippen molar-refractivity contribution in [2.24, 2.45) is 5.10 Å². The molecule has 0 atom stereocenters. The first-order chi connectivity index (χ1) is 12.2. The normalized spacial score (nSPS) is 12.9. The van der Waals surface area contributed by atoms with Crippen molar-refractivity contribution in [2.75, 3.05) is 21.3 Å². The molecule has 0 fully saturated rings. The van der Waals surface area contributed by atoms with Gasteiger partial charge in [0.1, 0.15) is 0 Å². The third-order valence-electron chi connectivity index (χ3n) is 4.13. The molecule has 2 N–H and O–H groups in total. The van der Waals surface area contributed by atoms with Gasteiger partial charge in [-0.05, 0) is 31.4 Å². The lowest BCUT2D eigenvalue weighted by molar-refractivity contribution is 0.0949. The van der Waals surface area contributed by atoms with E-state index >= 15 is 0 Å². The van der Waals surface area contributed by atoms with Crippen LogP contribution in [0.25, 0.3) is 0 Å². The summed E-state index contributed by atoms with van der Waals surface area (Å²) in [6.07, 6.45) is 4.32. The van der Waals surface area contributed by atoms with E-state index in [1.54, 1.807) is 19.2 Å². The topological polar surface area (TPSA) is 97.8 Å². The largest absolute Gasteiger partial charge is 0.493 e. The smallest absolute Gasteiger partial charge is 0.292 e. The van der Waals surface area contributed by atoms with Crippen LogP contribution >= 0.6 is 0 Å². The van der Waals surface area contributed by atoms with Crippen molar-refractivity contribution >= 4 is 12.1 Å². The van der Waals surface area contributed by atoms with Crippen LogP contribution in [0.5, 0.6) is 17.2 Å². The summed E-state index contributed by atoms with van der Waals surface area (Å²) in [5, 5.41) is 11.0. The van der Waals surface area contributed by atoms with Gasteiger partial charge >= 0.3 is 0 Å². The van der Waals surface area contributed by atoms with Crippen LogP contribution in [0.15, 0.2) is 17.2 Å². The Kier molecular flexibility index (Phi) is 4.87. The minimum Gasteiger partial charge on any atom is -0.493 e. The Balaban J connectivity index is 1.77. The zero-order valence-electron chi connectivity index (χ0n) is 14.4. The van der Waals surface area contributed by atoms with Gasteiger partial charge in [-0.25, -0.2) is 5.43 Å². The van der Waals surface area contributed by atoms with Gasteiger partial charge in [0, 0.05) is 16.8 Å². The van der Waals surface area contributed by atoms with Crippen molar-refractivity contribution in [3.8, 4) is 17.2 Å². The molecular formula is C17H20N4O4. The van der Waals surface area contributed by atoms with Crippen LogP contribution in [0.2, 0.25) is 0 Å². The quantitative estimate of drug-likeness (QED) is 0.614. The molecule has 1 aliphatic rings. The molecule has 0 bridgehead atoms. The van der Waals surface area contributed by atoms with Crippen LogP contribution in [-0.4, -0.2) is 43.6 Å². The Hall–Kier alpha value is -3.03. The molecule has 25 heavy (non-hydrogen) atoms. The summed E-state index contributed by atoms with van der Waals surface area (Å²) in [7, 11) is 4.61. The van der Waals surface area contributed by atoms with E-state index in [4.69, 9.17) is 14.2 Å². The number of aromatic nitrogens is 2. The van der Waals surface area contributed by atoms with E-state index in [0.29, 0.717) is 28.5 Å². The predicted octanol–water partition coefficient (Wildman–Crippen LogP) is 1.69. The second-order valence-corrected chi connectivity index (χ2v) is 5.51. The fourth-order valence-corrected chi connectivity index (χ4v) is 2.95. The molecule has 8 nitrogen and oxygen atoms in total. The summed E-state index contributed by atoms with van der Waals surface area (Å²) in [6.45, 7) is 0. The van der Waals surface area contributed by atoms with Gasteiger partial charge in [0.05, 0.1) is 27.5 Å². The molecule has 1 amide bonds. The second-order valence-electron chi connectivity index (χ2n) is 5.51. The van der Waals surface area contributed by atoms with E-state index in [1.807, 2.05) is 0 Å². The highest BCUT2D eigenvalue weighted by Gasteiger charge is 2.22. The molecule has 1 aromatic carbocycles. The Morgan fingerprint density at radius 3 is 2.72 bits per heavy atom. The van der Waals surface area contributed by atoms with Crippen LogP contribution in [0.4, 0.5) is 0 Å². The van der Waals surface area contributed by atoms with E-state index in [2.05, 4.69) is 20.7 Å². The Morgan fingerprint density at radius 2 is 2.00 bits per heavy atom. The number of hydrazone groups is 1. The maximum Gasteiger partial charge on any atom is 0.292 e. The number of ether oxygens (including phenoxy) is 3. The van der Waals surface area contributed by atoms with Crippen molar-refractivity contribution in [2.45, 2.75) is 19.3 Å². The number of carbonyl (C=O) groups is 1. The molecule has 0 saturated carbocycles. The summed E-state index contributed by atoms with van der Waals surface area (Å²) in [5.74, 6) is 1.15. The highest BCUT2D eigenvalue weighted by Crippen LogP contribution is 2.38. The minimum atomic E-state index is -0.338. The molecule has 1 heterocycles. The molecule has 0 saturated heterocycles. The highest BCUT2D eigenvalue weighted by molar-refractivity contribution is 5.95. The number of aromatic amines is 1. The van der Waals surface area contributed by atoms with Crippen LogP contribution in [0.1, 0.15) is 33.7 Å². The minimum absolute atomic E-state index is 0.338. The van der Waals surface area contributed by atoms with Crippen molar-refractivity contribution in [1.29, 1.82) is 0 Å². The van der Waals surface area contributed by atoms with Crippen LogP contribution in [0.3, 0.4) is 0 Å². The first kappa shape index (κ1) is 16.8. The van der Waals surface area contributed by atoms with Crippen LogP contribution in [0, 0.1) is 0 Å². The standard InChI is InChI=1S/C17H20N4O4/c1-23-13-8-7-10(15(24-2)16(13)25-3)9-18-21-17(22)14-11-5-4-6-12(11)19-20-14/h7-9H,4-6H2,1-3H3,(H,19,20)(H,21,22). The van der Waals surface area contributed by atoms with E-state index < -0.39 is 0 Å². The lowest BCUT2D eigenvalue weighted by Crippen LogP contribution is -2.19. The molecule has 3 rings (SSSR count). The van der Waals surface area contributed by atoms with Gasteiger partial charge in [0.15, 0.2) is 17.2 Å². The molecule has 0 radical (unpaired) electrons.